The van der Waals surface area contributed by atoms with Gasteiger partial charge in [0.1, 0.15) is 11.5 Å². The third kappa shape index (κ3) is 4.02. The van der Waals surface area contributed by atoms with E-state index in [2.05, 4.69) is 19.2 Å². The number of ether oxygens (including phenoxy) is 1. The van der Waals surface area contributed by atoms with Crippen LogP contribution in [0.25, 0.3) is 0 Å². The van der Waals surface area contributed by atoms with Crippen LogP contribution in [0.4, 0.5) is 0 Å². The minimum absolute atomic E-state index is 0.0505. The van der Waals surface area contributed by atoms with Crippen molar-refractivity contribution in [3.05, 3.63) is 60.2 Å². The lowest BCUT2D eigenvalue weighted by atomic mass is 10.1. The van der Waals surface area contributed by atoms with Crippen molar-refractivity contribution in [2.24, 2.45) is 0 Å². The highest BCUT2D eigenvalue weighted by molar-refractivity contribution is 5.97. The first kappa shape index (κ1) is 17.5. The van der Waals surface area contributed by atoms with Crippen LogP contribution in [-0.4, -0.2) is 36.0 Å². The Kier molecular flexibility index (Phi) is 5.71. The fraction of sp³-hybridized carbons (Fsp3) is 0.381. The van der Waals surface area contributed by atoms with Gasteiger partial charge in [-0.2, -0.15) is 0 Å². The van der Waals surface area contributed by atoms with E-state index in [1.807, 2.05) is 59.5 Å². The quantitative estimate of drug-likeness (QED) is 0.863. The Morgan fingerprint density at radius 1 is 1.20 bits per heavy atom. The molecule has 0 aliphatic carbocycles. The zero-order valence-electron chi connectivity index (χ0n) is 14.9. The summed E-state index contributed by atoms with van der Waals surface area (Å²) in [5, 5.41) is 3.37. The number of benzene rings is 2. The molecule has 0 spiro atoms. The van der Waals surface area contributed by atoms with Crippen LogP contribution in [0.2, 0.25) is 0 Å². The van der Waals surface area contributed by atoms with E-state index in [9.17, 15) is 4.79 Å². The topological polar surface area (TPSA) is 41.6 Å². The Morgan fingerprint density at radius 2 is 1.92 bits per heavy atom. The molecule has 0 bridgehead atoms. The van der Waals surface area contributed by atoms with Gasteiger partial charge in [0, 0.05) is 18.6 Å². The van der Waals surface area contributed by atoms with Gasteiger partial charge in [0.05, 0.1) is 5.56 Å². The van der Waals surface area contributed by atoms with Crippen LogP contribution in [0.3, 0.4) is 0 Å². The molecule has 1 aliphatic rings. The van der Waals surface area contributed by atoms with E-state index in [-0.39, 0.29) is 18.0 Å². The Bertz CT molecular complexity index is 696. The van der Waals surface area contributed by atoms with E-state index < -0.39 is 0 Å². The molecule has 2 atom stereocenters. The van der Waals surface area contributed by atoms with E-state index in [1.165, 1.54) is 0 Å². The average Bonchev–Trinajstić information content (AvgIpc) is 3.17. The van der Waals surface area contributed by atoms with Crippen molar-refractivity contribution >= 4 is 5.91 Å². The predicted molar refractivity (Wildman–Crippen MR) is 100 cm³/mol. The first-order chi connectivity index (χ1) is 12.2. The molecule has 4 heteroatoms. The fourth-order valence-electron chi connectivity index (χ4n) is 3.29. The van der Waals surface area contributed by atoms with Gasteiger partial charge in [-0.15, -0.1) is 0 Å². The second-order valence-electron chi connectivity index (χ2n) is 6.53. The molecule has 1 saturated heterocycles. The lowest BCUT2D eigenvalue weighted by Crippen LogP contribution is -2.46. The Balaban J connectivity index is 1.89. The van der Waals surface area contributed by atoms with Crippen molar-refractivity contribution in [3.8, 4) is 11.5 Å². The van der Waals surface area contributed by atoms with Crippen molar-refractivity contribution in [2.75, 3.05) is 13.1 Å². The largest absolute Gasteiger partial charge is 0.457 e. The molecule has 2 aromatic carbocycles. The molecular weight excluding hydrogens is 312 g/mol. The predicted octanol–water partition coefficient (Wildman–Crippen LogP) is 4.08. The molecule has 132 valence electrons. The Morgan fingerprint density at radius 3 is 2.60 bits per heavy atom. The summed E-state index contributed by atoms with van der Waals surface area (Å²) in [5.74, 6) is 1.40. The maximum atomic E-state index is 13.4. The number of carbonyl (C=O) groups is 1. The Labute approximate surface area is 149 Å². The van der Waals surface area contributed by atoms with Crippen LogP contribution in [-0.2, 0) is 0 Å². The van der Waals surface area contributed by atoms with E-state index in [0.29, 0.717) is 11.3 Å². The molecule has 0 saturated carbocycles. The van der Waals surface area contributed by atoms with Crippen molar-refractivity contribution in [3.63, 3.8) is 0 Å². The second-order valence-corrected chi connectivity index (χ2v) is 6.53. The SMILES string of the molecule is CCC(C)N(C(=O)c1ccccc1Oc1ccccc1)[C@H]1CCNC1. The molecule has 0 radical (unpaired) electrons. The van der Waals surface area contributed by atoms with Gasteiger partial charge in [0.15, 0.2) is 0 Å². The summed E-state index contributed by atoms with van der Waals surface area (Å²) in [4.78, 5) is 15.4. The zero-order chi connectivity index (χ0) is 17.6. The standard InChI is InChI=1S/C21H26N2O2/c1-3-16(2)23(17-13-14-22-15-17)21(24)19-11-7-8-12-20(19)25-18-9-5-4-6-10-18/h4-12,16-17,22H,3,13-15H2,1-2H3/t16?,17-/m0/s1. The lowest BCUT2D eigenvalue weighted by molar-refractivity contribution is 0.0601. The Hall–Kier alpha value is -2.33. The third-order valence-electron chi connectivity index (χ3n) is 4.82. The van der Waals surface area contributed by atoms with Gasteiger partial charge in [0.25, 0.3) is 5.91 Å². The van der Waals surface area contributed by atoms with Gasteiger partial charge in [-0.1, -0.05) is 37.3 Å². The molecule has 2 aromatic rings. The van der Waals surface area contributed by atoms with E-state index in [1.54, 1.807) is 0 Å². The van der Waals surface area contributed by atoms with Crippen LogP contribution in [0.1, 0.15) is 37.0 Å². The van der Waals surface area contributed by atoms with E-state index >= 15 is 0 Å². The summed E-state index contributed by atoms with van der Waals surface area (Å²) >= 11 is 0. The smallest absolute Gasteiger partial charge is 0.258 e. The summed E-state index contributed by atoms with van der Waals surface area (Å²) in [6.45, 7) is 6.07. The van der Waals surface area contributed by atoms with Crippen molar-refractivity contribution < 1.29 is 9.53 Å². The number of amides is 1. The maximum absolute atomic E-state index is 13.4. The summed E-state index contributed by atoms with van der Waals surface area (Å²) in [6, 6.07) is 17.6. The summed E-state index contributed by atoms with van der Waals surface area (Å²) in [7, 11) is 0. The zero-order valence-corrected chi connectivity index (χ0v) is 14.9. The van der Waals surface area contributed by atoms with Gasteiger partial charge in [-0.25, -0.2) is 0 Å². The highest BCUT2D eigenvalue weighted by Gasteiger charge is 2.31. The van der Waals surface area contributed by atoms with Gasteiger partial charge >= 0.3 is 0 Å². The second kappa shape index (κ2) is 8.17. The number of rotatable bonds is 6. The normalized spacial score (nSPS) is 17.9. The number of nitrogens with one attached hydrogen (secondary N) is 1. The average molecular weight is 338 g/mol. The van der Waals surface area contributed by atoms with Gasteiger partial charge in [0.2, 0.25) is 0 Å². The third-order valence-corrected chi connectivity index (χ3v) is 4.82. The molecular formula is C21H26N2O2. The first-order valence-corrected chi connectivity index (χ1v) is 9.06. The number of hydrogen-bond donors (Lipinski definition) is 1. The monoisotopic (exact) mass is 338 g/mol. The molecule has 1 N–H and O–H groups in total. The van der Waals surface area contributed by atoms with Gasteiger partial charge < -0.3 is 15.0 Å². The molecule has 4 nitrogen and oxygen atoms in total. The van der Waals surface area contributed by atoms with Gasteiger partial charge in [-0.05, 0) is 50.6 Å². The minimum Gasteiger partial charge on any atom is -0.457 e. The molecule has 1 fully saturated rings. The molecule has 1 amide bonds. The number of para-hydroxylation sites is 2. The minimum atomic E-state index is 0.0505. The fourth-order valence-corrected chi connectivity index (χ4v) is 3.29. The van der Waals surface area contributed by atoms with Crippen LogP contribution >= 0.6 is 0 Å². The summed E-state index contributed by atoms with van der Waals surface area (Å²) in [5.41, 5.74) is 0.624. The molecule has 1 heterocycles. The van der Waals surface area contributed by atoms with Crippen LogP contribution in [0, 0.1) is 0 Å². The van der Waals surface area contributed by atoms with Crippen LogP contribution in [0.15, 0.2) is 54.6 Å². The number of hydrogen-bond acceptors (Lipinski definition) is 3. The number of nitrogens with zero attached hydrogens (tertiary/aromatic N) is 1. The van der Waals surface area contributed by atoms with Crippen LogP contribution < -0.4 is 10.1 Å². The van der Waals surface area contributed by atoms with E-state index in [0.717, 1.165) is 31.7 Å². The molecule has 1 aliphatic heterocycles. The molecule has 0 aromatic heterocycles. The van der Waals surface area contributed by atoms with Gasteiger partial charge in [-0.3, -0.25) is 4.79 Å². The van der Waals surface area contributed by atoms with Crippen molar-refractivity contribution in [1.29, 1.82) is 0 Å². The van der Waals surface area contributed by atoms with Crippen LogP contribution in [0.5, 0.6) is 11.5 Å². The lowest BCUT2D eigenvalue weighted by Gasteiger charge is -2.34. The summed E-state index contributed by atoms with van der Waals surface area (Å²) < 4.78 is 5.99. The molecule has 3 rings (SSSR count). The highest BCUT2D eigenvalue weighted by atomic mass is 16.5. The highest BCUT2D eigenvalue weighted by Crippen LogP contribution is 2.28. The van der Waals surface area contributed by atoms with Crippen molar-refractivity contribution in [2.45, 2.75) is 38.8 Å². The number of carbonyl (C=O) groups excluding carboxylic acids is 1. The van der Waals surface area contributed by atoms with E-state index in [4.69, 9.17) is 4.74 Å². The molecule has 1 unspecified atom stereocenters. The first-order valence-electron chi connectivity index (χ1n) is 9.06. The van der Waals surface area contributed by atoms with Crippen molar-refractivity contribution in [1.82, 2.24) is 10.2 Å². The molecule has 25 heavy (non-hydrogen) atoms. The maximum Gasteiger partial charge on any atom is 0.258 e. The summed E-state index contributed by atoms with van der Waals surface area (Å²) in [6.07, 6.45) is 1.93.